The van der Waals surface area contributed by atoms with Gasteiger partial charge in [-0.15, -0.1) is 22.7 Å². The molecule has 0 unspecified atom stereocenters. The monoisotopic (exact) mass is 560 g/mol. The molecule has 0 spiro atoms. The van der Waals surface area contributed by atoms with Gasteiger partial charge in [0, 0.05) is 48.5 Å². The number of nitrogens with zero attached hydrogens (tertiary/aromatic N) is 6. The van der Waals surface area contributed by atoms with Crippen LogP contribution in [0.15, 0.2) is 96.7 Å². The summed E-state index contributed by atoms with van der Waals surface area (Å²) in [5.41, 5.74) is 5.54. The standard InChI is InChI=1S/C33H16N6S2/c34-16-21-1-7-26(8-2-21)39(27-9-3-22(17-35)4-10-27)28-11-12-29-31(14-28)40-32-15-30(41-33(29)32)24-5-6-25(38-20-24)13-23(18-36)19-37/h1-15,20H. The maximum absolute atomic E-state index is 9.26. The van der Waals surface area contributed by atoms with E-state index in [4.69, 9.17) is 10.5 Å². The van der Waals surface area contributed by atoms with Gasteiger partial charge >= 0.3 is 0 Å². The third-order valence-electron chi connectivity index (χ3n) is 6.50. The molecule has 190 valence electrons. The highest BCUT2D eigenvalue weighted by Crippen LogP contribution is 2.45. The van der Waals surface area contributed by atoms with Crippen LogP contribution in [0, 0.1) is 45.3 Å². The minimum Gasteiger partial charge on any atom is -0.310 e. The normalized spacial score (nSPS) is 10.3. The Bertz CT molecular complexity index is 2050. The summed E-state index contributed by atoms with van der Waals surface area (Å²) in [6.07, 6.45) is 3.24. The molecule has 6 aromatic rings. The number of hydrogen-bond donors (Lipinski definition) is 0. The highest BCUT2D eigenvalue weighted by atomic mass is 32.1. The van der Waals surface area contributed by atoms with Crippen molar-refractivity contribution < 1.29 is 0 Å². The Labute approximate surface area is 243 Å². The molecule has 0 aliphatic heterocycles. The van der Waals surface area contributed by atoms with Crippen molar-refractivity contribution in [1.29, 1.82) is 21.0 Å². The van der Waals surface area contributed by atoms with Gasteiger partial charge in [0.25, 0.3) is 0 Å². The predicted octanol–water partition coefficient (Wildman–Crippen LogP) is 8.82. The van der Waals surface area contributed by atoms with Crippen LogP contribution in [0.1, 0.15) is 16.8 Å². The molecule has 6 nitrogen and oxygen atoms in total. The second-order valence-corrected chi connectivity index (χ2v) is 11.1. The van der Waals surface area contributed by atoms with Gasteiger partial charge in [0.1, 0.15) is 17.7 Å². The second-order valence-electron chi connectivity index (χ2n) is 8.99. The van der Waals surface area contributed by atoms with Crippen LogP contribution >= 0.6 is 22.7 Å². The molecule has 0 bridgehead atoms. The number of thiophene rings is 2. The Hall–Kier alpha value is -5.77. The number of anilines is 3. The molecular formula is C33H16N6S2. The van der Waals surface area contributed by atoms with E-state index in [0.717, 1.165) is 32.2 Å². The molecule has 8 heteroatoms. The van der Waals surface area contributed by atoms with Gasteiger partial charge in [-0.1, -0.05) is 6.07 Å². The van der Waals surface area contributed by atoms with Crippen LogP contribution in [0.4, 0.5) is 17.1 Å². The van der Waals surface area contributed by atoms with Gasteiger partial charge in [0.15, 0.2) is 0 Å². The Morgan fingerprint density at radius 2 is 1.32 bits per heavy atom. The van der Waals surface area contributed by atoms with E-state index in [1.807, 2.05) is 48.5 Å². The number of fused-ring (bicyclic) bond motifs is 3. The minimum absolute atomic E-state index is 0.0182. The molecule has 0 saturated heterocycles. The van der Waals surface area contributed by atoms with E-state index in [1.54, 1.807) is 53.1 Å². The first-order valence-electron chi connectivity index (χ1n) is 12.3. The Kier molecular flexibility index (Phi) is 6.70. The van der Waals surface area contributed by atoms with Gasteiger partial charge < -0.3 is 4.90 Å². The first-order valence-corrected chi connectivity index (χ1v) is 14.0. The average Bonchev–Trinajstić information content (AvgIpc) is 3.59. The van der Waals surface area contributed by atoms with Crippen molar-refractivity contribution in [1.82, 2.24) is 4.98 Å². The van der Waals surface area contributed by atoms with E-state index in [-0.39, 0.29) is 5.57 Å². The van der Waals surface area contributed by atoms with Gasteiger partial charge in [-0.05, 0) is 84.9 Å². The predicted molar refractivity (Wildman–Crippen MR) is 164 cm³/mol. The fourth-order valence-electron chi connectivity index (χ4n) is 4.51. The highest BCUT2D eigenvalue weighted by Gasteiger charge is 2.16. The van der Waals surface area contributed by atoms with Crippen molar-refractivity contribution in [3.8, 4) is 34.7 Å². The lowest BCUT2D eigenvalue weighted by Gasteiger charge is -2.25. The number of pyridine rings is 1. The highest BCUT2D eigenvalue weighted by molar-refractivity contribution is 7.33. The molecule has 0 atom stereocenters. The van der Waals surface area contributed by atoms with Crippen molar-refractivity contribution >= 4 is 65.3 Å². The molecule has 3 heterocycles. The molecule has 0 aliphatic rings. The first kappa shape index (κ1) is 25.5. The van der Waals surface area contributed by atoms with Gasteiger partial charge in [-0.3, -0.25) is 4.98 Å². The molecule has 0 amide bonds. The van der Waals surface area contributed by atoms with Crippen LogP contribution < -0.4 is 4.90 Å². The molecule has 0 radical (unpaired) electrons. The lowest BCUT2D eigenvalue weighted by Crippen LogP contribution is -2.09. The molecular weight excluding hydrogens is 545 g/mol. The van der Waals surface area contributed by atoms with Crippen LogP contribution in [-0.2, 0) is 0 Å². The van der Waals surface area contributed by atoms with E-state index in [1.165, 1.54) is 20.9 Å². The maximum Gasteiger partial charge on any atom is 0.131 e. The van der Waals surface area contributed by atoms with E-state index >= 15 is 0 Å². The molecule has 3 aromatic heterocycles. The molecule has 0 fully saturated rings. The topological polar surface area (TPSA) is 111 Å². The molecule has 41 heavy (non-hydrogen) atoms. The van der Waals surface area contributed by atoms with Gasteiger partial charge in [0.05, 0.1) is 33.7 Å². The fraction of sp³-hybridized carbons (Fsp3) is 0. The lowest BCUT2D eigenvalue weighted by atomic mass is 10.1. The smallest absolute Gasteiger partial charge is 0.131 e. The summed E-state index contributed by atoms with van der Waals surface area (Å²) >= 11 is 3.43. The average molecular weight is 561 g/mol. The van der Waals surface area contributed by atoms with Crippen LogP contribution in [0.5, 0.6) is 0 Å². The molecule has 3 aromatic carbocycles. The van der Waals surface area contributed by atoms with Crippen molar-refractivity contribution in [3.05, 3.63) is 114 Å². The van der Waals surface area contributed by atoms with Crippen molar-refractivity contribution in [2.45, 2.75) is 0 Å². The summed E-state index contributed by atoms with van der Waals surface area (Å²) < 4.78 is 3.54. The van der Waals surface area contributed by atoms with E-state index in [2.05, 4.69) is 46.3 Å². The summed E-state index contributed by atoms with van der Waals surface area (Å²) in [5, 5.41) is 37.6. The molecule has 0 N–H and O–H groups in total. The van der Waals surface area contributed by atoms with Gasteiger partial charge in [0.2, 0.25) is 0 Å². The van der Waals surface area contributed by atoms with Crippen LogP contribution in [0.2, 0.25) is 0 Å². The number of rotatable bonds is 5. The number of allylic oxidation sites excluding steroid dienone is 1. The summed E-state index contributed by atoms with van der Waals surface area (Å²) in [7, 11) is 0. The van der Waals surface area contributed by atoms with Gasteiger partial charge in [-0.2, -0.15) is 21.0 Å². The third-order valence-corrected chi connectivity index (χ3v) is 8.95. The number of aromatic nitrogens is 1. The maximum atomic E-state index is 9.26. The van der Waals surface area contributed by atoms with Crippen LogP contribution in [0.25, 0.3) is 36.0 Å². The summed E-state index contributed by atoms with van der Waals surface area (Å²) in [6, 6.07) is 35.3. The first-order chi connectivity index (χ1) is 20.1. The largest absolute Gasteiger partial charge is 0.310 e. The number of hydrogen-bond acceptors (Lipinski definition) is 8. The number of benzene rings is 3. The zero-order valence-electron chi connectivity index (χ0n) is 21.2. The van der Waals surface area contributed by atoms with Gasteiger partial charge in [-0.25, -0.2) is 0 Å². The third kappa shape index (κ3) is 4.89. The van der Waals surface area contributed by atoms with E-state index in [0.29, 0.717) is 16.8 Å². The zero-order valence-corrected chi connectivity index (χ0v) is 22.9. The SMILES string of the molecule is N#CC(C#N)=Cc1ccc(-c2cc3sc4cc(N(c5ccc(C#N)cc5)c5ccc(C#N)cc5)ccc4c3s2)cn1. The van der Waals surface area contributed by atoms with Crippen LogP contribution in [-0.4, -0.2) is 4.98 Å². The molecule has 0 saturated carbocycles. The summed E-state index contributed by atoms with van der Waals surface area (Å²) in [5.74, 6) is 0. The Morgan fingerprint density at radius 1 is 0.683 bits per heavy atom. The molecule has 6 rings (SSSR count). The fourth-order valence-corrected chi connectivity index (χ4v) is 7.06. The minimum atomic E-state index is 0.0182. The summed E-state index contributed by atoms with van der Waals surface area (Å²) in [6.45, 7) is 0. The number of nitriles is 4. The second kappa shape index (κ2) is 10.8. The van der Waals surface area contributed by atoms with Crippen molar-refractivity contribution in [2.75, 3.05) is 4.90 Å². The zero-order chi connectivity index (χ0) is 28.3. The Balaban J connectivity index is 1.38. The van der Waals surface area contributed by atoms with Crippen LogP contribution in [0.3, 0.4) is 0 Å². The van der Waals surface area contributed by atoms with Crippen molar-refractivity contribution in [2.24, 2.45) is 0 Å². The Morgan fingerprint density at radius 3 is 1.88 bits per heavy atom. The molecule has 0 aliphatic carbocycles. The van der Waals surface area contributed by atoms with E-state index in [9.17, 15) is 10.5 Å². The summed E-state index contributed by atoms with van der Waals surface area (Å²) in [4.78, 5) is 7.62. The van der Waals surface area contributed by atoms with Crippen molar-refractivity contribution in [3.63, 3.8) is 0 Å². The lowest BCUT2D eigenvalue weighted by molar-refractivity contribution is 1.28. The van der Waals surface area contributed by atoms with E-state index < -0.39 is 0 Å². The quantitative estimate of drug-likeness (QED) is 0.195.